The molecular formula is C2H7B2F6N. The minimum atomic E-state index is -3.67. The van der Waals surface area contributed by atoms with Gasteiger partial charge < -0.3 is 5.73 Å². The molecule has 1 nitrogen and oxygen atoms in total. The summed E-state index contributed by atoms with van der Waals surface area (Å²) in [6, 6.07) is 0. The molecule has 2 N–H and O–H groups in total. The Morgan fingerprint density at radius 1 is 0.909 bits per heavy atom. The maximum Gasteiger partial charge on any atom is 0.762 e. The molecule has 0 atom stereocenters. The van der Waals surface area contributed by atoms with E-state index in [-0.39, 0.29) is 0 Å². The first-order valence-electron chi connectivity index (χ1n) is 2.42. The van der Waals surface area contributed by atoms with E-state index in [9.17, 15) is 25.9 Å². The first-order chi connectivity index (χ1) is 4.88. The van der Waals surface area contributed by atoms with Crippen LogP contribution in [-0.2, 0) is 0 Å². The average Bonchev–Trinajstić information content (AvgIpc) is 1.60. The second kappa shape index (κ2) is 16.3. The van der Waals surface area contributed by atoms with Gasteiger partial charge in [0.25, 0.3) is 0 Å². The molecule has 0 saturated heterocycles. The van der Waals surface area contributed by atoms with Crippen LogP contribution in [0.3, 0.4) is 0 Å². The summed E-state index contributed by atoms with van der Waals surface area (Å²) in [6.45, 7) is 2.65. The molecule has 0 rings (SSSR count). The number of hydrogen-bond acceptors (Lipinski definition) is 1. The Bertz CT molecular complexity index is 42.3. The Hall–Kier alpha value is -0.330. The highest BCUT2D eigenvalue weighted by molar-refractivity contribution is 6.33. The van der Waals surface area contributed by atoms with Crippen molar-refractivity contribution in [2.75, 3.05) is 6.54 Å². The van der Waals surface area contributed by atoms with Gasteiger partial charge in [0.15, 0.2) is 0 Å². The van der Waals surface area contributed by atoms with Crippen LogP contribution < -0.4 is 5.73 Å². The molecule has 0 aliphatic heterocycles. The molecule has 0 unspecified atom stereocenters. The highest BCUT2D eigenvalue weighted by atomic mass is 19.4. The van der Waals surface area contributed by atoms with E-state index >= 15 is 0 Å². The van der Waals surface area contributed by atoms with Crippen LogP contribution in [-0.4, -0.2) is 21.6 Å². The Labute approximate surface area is 61.4 Å². The van der Waals surface area contributed by atoms with E-state index in [1.165, 1.54) is 0 Å². The molecule has 11 heavy (non-hydrogen) atoms. The summed E-state index contributed by atoms with van der Waals surface area (Å²) in [5, 5.41) is 0. The van der Waals surface area contributed by atoms with Gasteiger partial charge in [0.1, 0.15) is 0 Å². The smallest absolute Gasteiger partial charge is 0.331 e. The number of hydrogen-bond donors (Lipinski definition) is 1. The summed E-state index contributed by atoms with van der Waals surface area (Å²) in [7, 11) is -7.33. The lowest BCUT2D eigenvalue weighted by molar-refractivity contribution is 0.533. The molecule has 0 saturated carbocycles. The maximum atomic E-state index is 9.67. The fourth-order valence-electron chi connectivity index (χ4n) is 0. The Morgan fingerprint density at radius 2 is 0.909 bits per heavy atom. The van der Waals surface area contributed by atoms with Crippen molar-refractivity contribution < 1.29 is 25.9 Å². The van der Waals surface area contributed by atoms with E-state index in [0.29, 0.717) is 0 Å². The van der Waals surface area contributed by atoms with Crippen molar-refractivity contribution in [3.05, 3.63) is 0 Å². The Balaban J connectivity index is -0.0000000886. The van der Waals surface area contributed by atoms with E-state index in [4.69, 9.17) is 5.73 Å². The summed E-state index contributed by atoms with van der Waals surface area (Å²) in [4.78, 5) is 0. The molecule has 0 heterocycles. The summed E-state index contributed by atoms with van der Waals surface area (Å²) in [5.74, 6) is 0. The van der Waals surface area contributed by atoms with E-state index < -0.39 is 15.1 Å². The van der Waals surface area contributed by atoms with Gasteiger partial charge >= 0.3 is 15.1 Å². The monoisotopic (exact) mass is 181 g/mol. The van der Waals surface area contributed by atoms with E-state index in [1.54, 1.807) is 0 Å². The van der Waals surface area contributed by atoms with Gasteiger partial charge in [0.2, 0.25) is 0 Å². The van der Waals surface area contributed by atoms with Gasteiger partial charge in [-0.25, -0.2) is 0 Å². The summed E-state index contributed by atoms with van der Waals surface area (Å²) in [6.07, 6.45) is 0. The third-order valence-electron chi connectivity index (χ3n) is 0. The largest absolute Gasteiger partial charge is 0.762 e. The van der Waals surface area contributed by atoms with E-state index in [0.717, 1.165) is 6.54 Å². The van der Waals surface area contributed by atoms with Crippen LogP contribution in [0.25, 0.3) is 0 Å². The van der Waals surface area contributed by atoms with Gasteiger partial charge in [0.05, 0.1) is 0 Å². The van der Waals surface area contributed by atoms with Crippen LogP contribution in [0.4, 0.5) is 25.9 Å². The van der Waals surface area contributed by atoms with Crippen molar-refractivity contribution in [2.24, 2.45) is 5.73 Å². The zero-order chi connectivity index (χ0) is 9.86. The van der Waals surface area contributed by atoms with Gasteiger partial charge in [-0.05, 0) is 6.54 Å². The lowest BCUT2D eigenvalue weighted by Gasteiger charge is -1.55. The SMILES string of the molecule is CCN.FB(F)F.FB(F)F. The third-order valence-corrected chi connectivity index (χ3v) is 0. The van der Waals surface area contributed by atoms with Crippen molar-refractivity contribution >= 4 is 15.1 Å². The van der Waals surface area contributed by atoms with Gasteiger partial charge in [-0.1, -0.05) is 6.92 Å². The average molecular weight is 181 g/mol. The van der Waals surface area contributed by atoms with Crippen LogP contribution in [0.15, 0.2) is 0 Å². The Morgan fingerprint density at radius 3 is 0.909 bits per heavy atom. The van der Waals surface area contributed by atoms with Crippen LogP contribution in [0.2, 0.25) is 0 Å². The van der Waals surface area contributed by atoms with Crippen molar-refractivity contribution in [2.45, 2.75) is 6.92 Å². The van der Waals surface area contributed by atoms with Gasteiger partial charge in [-0.2, -0.15) is 0 Å². The van der Waals surface area contributed by atoms with Crippen molar-refractivity contribution in [1.29, 1.82) is 0 Å². The molecule has 0 aromatic carbocycles. The molecule has 0 aliphatic carbocycles. The molecule has 0 radical (unpaired) electrons. The van der Waals surface area contributed by atoms with Gasteiger partial charge in [0, 0.05) is 0 Å². The molecule has 0 fully saturated rings. The lowest BCUT2D eigenvalue weighted by Crippen LogP contribution is -1.87. The maximum absolute atomic E-state index is 9.67. The molecule has 0 amide bonds. The zero-order valence-electron chi connectivity index (χ0n) is 5.71. The Kier molecular flexibility index (Phi) is 25.2. The predicted octanol–water partition coefficient (Wildman–Crippen LogP) is 1.72. The van der Waals surface area contributed by atoms with Gasteiger partial charge in [-0.3, -0.25) is 25.9 Å². The van der Waals surface area contributed by atoms with Crippen LogP contribution in [0.1, 0.15) is 6.92 Å². The predicted molar refractivity (Wildman–Crippen MR) is 32.9 cm³/mol. The summed E-state index contributed by atoms with van der Waals surface area (Å²) < 4.78 is 58.0. The van der Waals surface area contributed by atoms with Crippen molar-refractivity contribution in [3.63, 3.8) is 0 Å². The molecule has 0 spiro atoms. The minimum absolute atomic E-state index is 0.750. The van der Waals surface area contributed by atoms with E-state index in [1.807, 2.05) is 6.92 Å². The first kappa shape index (κ1) is 17.0. The quantitative estimate of drug-likeness (QED) is 0.446. The molecule has 68 valence electrons. The van der Waals surface area contributed by atoms with Gasteiger partial charge in [-0.15, -0.1) is 0 Å². The molecule has 0 aromatic heterocycles. The summed E-state index contributed by atoms with van der Waals surface area (Å²) >= 11 is 0. The normalized spacial score (nSPS) is 6.55. The number of halogens is 6. The summed E-state index contributed by atoms with van der Waals surface area (Å²) in [5.41, 5.74) is 4.85. The fourth-order valence-corrected chi connectivity index (χ4v) is 0. The third kappa shape index (κ3) is 5220. The highest BCUT2D eigenvalue weighted by Gasteiger charge is 2.06. The van der Waals surface area contributed by atoms with Crippen molar-refractivity contribution in [3.8, 4) is 0 Å². The fraction of sp³-hybridized carbons (Fsp3) is 1.00. The lowest BCUT2D eigenvalue weighted by atomic mass is 10.5. The molecule has 0 aromatic rings. The topological polar surface area (TPSA) is 26.0 Å². The zero-order valence-corrected chi connectivity index (χ0v) is 5.71. The molecular weight excluding hydrogens is 174 g/mol. The number of nitrogens with two attached hydrogens (primary N) is 1. The van der Waals surface area contributed by atoms with Crippen molar-refractivity contribution in [1.82, 2.24) is 0 Å². The standard InChI is InChI=1S/C2H7N.2BF3/c1-2-3;2*2-1(3)4/h2-3H2,1H3;;. The molecule has 0 aliphatic rings. The van der Waals surface area contributed by atoms with Crippen LogP contribution >= 0.6 is 0 Å². The minimum Gasteiger partial charge on any atom is -0.331 e. The van der Waals surface area contributed by atoms with E-state index in [2.05, 4.69) is 0 Å². The van der Waals surface area contributed by atoms with Crippen LogP contribution in [0, 0.1) is 0 Å². The number of rotatable bonds is 0. The molecule has 0 bridgehead atoms. The first-order valence-corrected chi connectivity index (χ1v) is 2.42. The second-order valence-corrected chi connectivity index (χ2v) is 0.903. The van der Waals surface area contributed by atoms with Crippen LogP contribution in [0.5, 0.6) is 0 Å². The second-order valence-electron chi connectivity index (χ2n) is 0.903. The highest BCUT2D eigenvalue weighted by Crippen LogP contribution is 1.80. The molecule has 9 heteroatoms.